The molecule has 0 saturated carbocycles. The van der Waals surface area contributed by atoms with Gasteiger partial charge in [-0.15, -0.1) is 11.3 Å². The average molecular weight is 352 g/mol. The molecule has 0 aliphatic heterocycles. The van der Waals surface area contributed by atoms with Gasteiger partial charge in [0.2, 0.25) is 0 Å². The molecule has 4 nitrogen and oxygen atoms in total. The van der Waals surface area contributed by atoms with Crippen LogP contribution in [-0.2, 0) is 13.2 Å². The van der Waals surface area contributed by atoms with Crippen LogP contribution in [0.1, 0.15) is 26.6 Å². The summed E-state index contributed by atoms with van der Waals surface area (Å²) in [5.74, 6) is 0.642. The molecule has 0 radical (unpaired) electrons. The molecule has 0 unspecified atom stereocenters. The summed E-state index contributed by atoms with van der Waals surface area (Å²) < 4.78 is 5.77. The van der Waals surface area contributed by atoms with Crippen molar-refractivity contribution < 1.29 is 9.53 Å². The molecule has 1 aromatic heterocycles. The Bertz CT molecular complexity index is 846. The van der Waals surface area contributed by atoms with Crippen molar-refractivity contribution in [2.24, 2.45) is 0 Å². The highest BCUT2D eigenvalue weighted by Gasteiger charge is 2.13. The predicted molar refractivity (Wildman–Crippen MR) is 99.9 cm³/mol. The molecule has 3 aromatic rings. The van der Waals surface area contributed by atoms with Crippen molar-refractivity contribution in [2.75, 3.05) is 7.05 Å². The van der Waals surface area contributed by atoms with Gasteiger partial charge in [-0.05, 0) is 30.7 Å². The van der Waals surface area contributed by atoms with Gasteiger partial charge >= 0.3 is 0 Å². The van der Waals surface area contributed by atoms with Crippen LogP contribution in [0.15, 0.2) is 60.0 Å². The molecule has 1 amide bonds. The summed E-state index contributed by atoms with van der Waals surface area (Å²) in [6.45, 7) is 2.95. The number of benzene rings is 2. The number of ether oxygens (including phenoxy) is 1. The van der Waals surface area contributed by atoms with Crippen molar-refractivity contribution in [1.82, 2.24) is 9.88 Å². The maximum Gasteiger partial charge on any atom is 0.254 e. The normalized spacial score (nSPS) is 10.5. The van der Waals surface area contributed by atoms with E-state index in [1.165, 1.54) is 0 Å². The molecule has 2 aromatic carbocycles. The quantitative estimate of drug-likeness (QED) is 0.664. The Morgan fingerprint density at radius 2 is 1.96 bits per heavy atom. The van der Waals surface area contributed by atoms with Gasteiger partial charge in [-0.2, -0.15) is 0 Å². The van der Waals surface area contributed by atoms with Gasteiger partial charge in [0.15, 0.2) is 0 Å². The van der Waals surface area contributed by atoms with E-state index < -0.39 is 0 Å². The summed E-state index contributed by atoms with van der Waals surface area (Å²) in [7, 11) is 1.81. The maximum atomic E-state index is 12.6. The minimum atomic E-state index is -0.0289. The SMILES string of the molecule is Cc1nc(COc2cccc(C(=O)N(C)Cc3ccccc3)c2)cs1. The second kappa shape index (κ2) is 7.94. The number of thiazole rings is 1. The lowest BCUT2D eigenvalue weighted by Gasteiger charge is -2.17. The monoisotopic (exact) mass is 352 g/mol. The lowest BCUT2D eigenvalue weighted by Crippen LogP contribution is -2.26. The number of aromatic nitrogens is 1. The van der Waals surface area contributed by atoms with Crippen molar-refractivity contribution in [3.63, 3.8) is 0 Å². The van der Waals surface area contributed by atoms with E-state index >= 15 is 0 Å². The van der Waals surface area contributed by atoms with Crippen molar-refractivity contribution in [3.05, 3.63) is 81.8 Å². The molecule has 0 aliphatic carbocycles. The Hall–Kier alpha value is -2.66. The molecular weight excluding hydrogens is 332 g/mol. The number of hydrogen-bond acceptors (Lipinski definition) is 4. The summed E-state index contributed by atoms with van der Waals surface area (Å²) in [6.07, 6.45) is 0. The van der Waals surface area contributed by atoms with Crippen LogP contribution in [0.25, 0.3) is 0 Å². The molecule has 1 heterocycles. The van der Waals surface area contributed by atoms with Gasteiger partial charge in [-0.1, -0.05) is 36.4 Å². The summed E-state index contributed by atoms with van der Waals surface area (Å²) in [6, 6.07) is 17.2. The lowest BCUT2D eigenvalue weighted by atomic mass is 10.1. The third-order valence-electron chi connectivity index (χ3n) is 3.74. The van der Waals surface area contributed by atoms with Crippen LogP contribution in [0.4, 0.5) is 0 Å². The highest BCUT2D eigenvalue weighted by molar-refractivity contribution is 7.09. The van der Waals surface area contributed by atoms with Gasteiger partial charge in [0.05, 0.1) is 10.7 Å². The number of rotatable bonds is 6. The fourth-order valence-corrected chi connectivity index (χ4v) is 3.10. The molecule has 3 rings (SSSR count). The summed E-state index contributed by atoms with van der Waals surface area (Å²) in [5.41, 5.74) is 2.62. The molecular formula is C20H20N2O2S. The number of carbonyl (C=O) groups excluding carboxylic acids is 1. The summed E-state index contributed by atoms with van der Waals surface area (Å²) >= 11 is 1.60. The third-order valence-corrected chi connectivity index (χ3v) is 4.57. The van der Waals surface area contributed by atoms with E-state index in [9.17, 15) is 4.79 Å². The first-order valence-corrected chi connectivity index (χ1v) is 8.93. The molecule has 0 N–H and O–H groups in total. The third kappa shape index (κ3) is 4.67. The van der Waals surface area contributed by atoms with Crippen LogP contribution in [-0.4, -0.2) is 22.8 Å². The predicted octanol–water partition coefficient (Wildman–Crippen LogP) is 4.30. The van der Waals surface area contributed by atoms with Gasteiger partial charge in [-0.3, -0.25) is 4.79 Å². The zero-order valence-corrected chi connectivity index (χ0v) is 15.1. The largest absolute Gasteiger partial charge is 0.487 e. The molecule has 0 fully saturated rings. The average Bonchev–Trinajstić information content (AvgIpc) is 3.06. The fraction of sp³-hybridized carbons (Fsp3) is 0.200. The fourth-order valence-electron chi connectivity index (χ4n) is 2.50. The molecule has 0 saturated heterocycles. The van der Waals surface area contributed by atoms with Crippen LogP contribution in [0.3, 0.4) is 0 Å². The van der Waals surface area contributed by atoms with E-state index in [0.717, 1.165) is 16.3 Å². The lowest BCUT2D eigenvalue weighted by molar-refractivity contribution is 0.0784. The van der Waals surface area contributed by atoms with Gasteiger partial charge in [0, 0.05) is 24.5 Å². The highest BCUT2D eigenvalue weighted by Crippen LogP contribution is 2.18. The Morgan fingerprint density at radius 1 is 1.16 bits per heavy atom. The zero-order chi connectivity index (χ0) is 17.6. The van der Waals surface area contributed by atoms with Crippen LogP contribution >= 0.6 is 11.3 Å². The van der Waals surface area contributed by atoms with E-state index in [2.05, 4.69) is 4.98 Å². The number of carbonyl (C=O) groups is 1. The number of nitrogens with zero attached hydrogens (tertiary/aromatic N) is 2. The Morgan fingerprint density at radius 3 is 2.68 bits per heavy atom. The number of hydrogen-bond donors (Lipinski definition) is 0. The molecule has 25 heavy (non-hydrogen) atoms. The first-order valence-electron chi connectivity index (χ1n) is 8.05. The molecule has 0 atom stereocenters. The van der Waals surface area contributed by atoms with Gasteiger partial charge < -0.3 is 9.64 Å². The van der Waals surface area contributed by atoms with Crippen molar-refractivity contribution in [2.45, 2.75) is 20.1 Å². The molecule has 5 heteroatoms. The van der Waals surface area contributed by atoms with Crippen molar-refractivity contribution in [3.8, 4) is 5.75 Å². The Kier molecular flexibility index (Phi) is 5.46. The van der Waals surface area contributed by atoms with E-state index in [1.807, 2.05) is 60.8 Å². The van der Waals surface area contributed by atoms with Crippen LogP contribution in [0, 0.1) is 6.92 Å². The smallest absolute Gasteiger partial charge is 0.254 e. The first kappa shape index (κ1) is 17.2. The maximum absolute atomic E-state index is 12.6. The van der Waals surface area contributed by atoms with Crippen LogP contribution < -0.4 is 4.74 Å². The number of amides is 1. The van der Waals surface area contributed by atoms with Crippen LogP contribution in [0.2, 0.25) is 0 Å². The highest BCUT2D eigenvalue weighted by atomic mass is 32.1. The molecule has 0 spiro atoms. The standard InChI is InChI=1S/C20H20N2O2S/c1-15-21-18(14-25-15)13-24-19-10-6-9-17(11-19)20(23)22(2)12-16-7-4-3-5-8-16/h3-11,14H,12-13H2,1-2H3. The Balaban J connectivity index is 1.64. The van der Waals surface area contributed by atoms with E-state index in [-0.39, 0.29) is 5.91 Å². The zero-order valence-electron chi connectivity index (χ0n) is 14.3. The van der Waals surface area contributed by atoms with E-state index in [0.29, 0.717) is 24.5 Å². The minimum absolute atomic E-state index is 0.0289. The second-order valence-corrected chi connectivity index (χ2v) is 6.88. The van der Waals surface area contributed by atoms with E-state index in [1.54, 1.807) is 29.4 Å². The molecule has 0 aliphatic rings. The topological polar surface area (TPSA) is 42.4 Å². The number of aryl methyl sites for hydroxylation is 1. The van der Waals surface area contributed by atoms with Gasteiger partial charge in [0.25, 0.3) is 5.91 Å². The van der Waals surface area contributed by atoms with Crippen LogP contribution in [0.5, 0.6) is 5.75 Å². The molecule has 128 valence electrons. The second-order valence-electron chi connectivity index (χ2n) is 5.82. The summed E-state index contributed by atoms with van der Waals surface area (Å²) in [4.78, 5) is 18.7. The Labute approximate surface area is 151 Å². The summed E-state index contributed by atoms with van der Waals surface area (Å²) in [5, 5.41) is 3.00. The minimum Gasteiger partial charge on any atom is -0.487 e. The van der Waals surface area contributed by atoms with E-state index in [4.69, 9.17) is 4.74 Å². The van der Waals surface area contributed by atoms with Gasteiger partial charge in [-0.25, -0.2) is 4.98 Å². The first-order chi connectivity index (χ1) is 12.1. The van der Waals surface area contributed by atoms with Gasteiger partial charge in [0.1, 0.15) is 12.4 Å². The van der Waals surface area contributed by atoms with Crippen molar-refractivity contribution >= 4 is 17.2 Å². The molecule has 0 bridgehead atoms. The van der Waals surface area contributed by atoms with Crippen molar-refractivity contribution in [1.29, 1.82) is 0 Å².